The van der Waals surface area contributed by atoms with Gasteiger partial charge in [-0.25, -0.2) is 0 Å². The van der Waals surface area contributed by atoms with E-state index in [2.05, 4.69) is 27.0 Å². The Morgan fingerprint density at radius 3 is 2.47 bits per heavy atom. The summed E-state index contributed by atoms with van der Waals surface area (Å²) in [5.74, 6) is 0.379. The Hall–Kier alpha value is -0.910. The third-order valence-electron chi connectivity index (χ3n) is 2.54. The number of halogens is 1. The van der Waals surface area contributed by atoms with Gasteiger partial charge in [0.15, 0.2) is 5.84 Å². The molecule has 1 aromatic carbocycles. The van der Waals surface area contributed by atoms with Crippen molar-refractivity contribution < 1.29 is 9.47 Å². The second-order valence-electron chi connectivity index (χ2n) is 4.07. The maximum absolute atomic E-state index is 5.90. The average molecular weight is 329 g/mol. The Kier molecular flexibility index (Phi) is 7.05. The summed E-state index contributed by atoms with van der Waals surface area (Å²) in [6, 6.07) is 6.11. The Bertz CT molecular complexity index is 429. The van der Waals surface area contributed by atoms with Crippen LogP contribution in [0.1, 0.15) is 25.0 Å². The lowest BCUT2D eigenvalue weighted by atomic mass is 10.1. The van der Waals surface area contributed by atoms with Gasteiger partial charge in [-0.05, 0) is 38.0 Å². The lowest BCUT2D eigenvalue weighted by molar-refractivity contribution is -0.0907. The van der Waals surface area contributed by atoms with Gasteiger partial charge in [-0.3, -0.25) is 4.99 Å². The van der Waals surface area contributed by atoms with Crippen LogP contribution in [0.25, 0.3) is 0 Å². The van der Waals surface area contributed by atoms with Crippen molar-refractivity contribution in [2.24, 2.45) is 10.7 Å². The predicted molar refractivity (Wildman–Crippen MR) is 81.2 cm³/mol. The number of nitrogens with two attached hydrogens (primary N) is 1. The zero-order valence-electron chi connectivity index (χ0n) is 11.6. The van der Waals surface area contributed by atoms with Crippen LogP contribution < -0.4 is 5.73 Å². The van der Waals surface area contributed by atoms with Crippen molar-refractivity contribution in [1.29, 1.82) is 0 Å². The van der Waals surface area contributed by atoms with Crippen LogP contribution in [0.4, 0.5) is 0 Å². The van der Waals surface area contributed by atoms with Crippen LogP contribution >= 0.6 is 15.9 Å². The molecule has 0 aromatic heterocycles. The quantitative estimate of drug-likeness (QED) is 0.475. The standard InChI is InChI=1S/C14H21BrN2O2/c1-4-18-14(19-5-2)13(16)17-9-11-6-7-12(15)10(3)8-11/h6-8,14H,4-5,9H2,1-3H3,(H2,16,17). The summed E-state index contributed by atoms with van der Waals surface area (Å²) in [6.45, 7) is 7.45. The normalized spacial score (nSPS) is 12.2. The molecular weight excluding hydrogens is 308 g/mol. The first-order chi connectivity index (χ1) is 9.08. The topological polar surface area (TPSA) is 56.8 Å². The molecule has 0 aliphatic heterocycles. The lowest BCUT2D eigenvalue weighted by Gasteiger charge is -2.16. The number of hydrogen-bond acceptors (Lipinski definition) is 3. The molecule has 0 saturated carbocycles. The number of amidine groups is 1. The number of ether oxygens (including phenoxy) is 2. The monoisotopic (exact) mass is 328 g/mol. The summed E-state index contributed by atoms with van der Waals surface area (Å²) in [7, 11) is 0. The van der Waals surface area contributed by atoms with Gasteiger partial charge in [0, 0.05) is 17.7 Å². The van der Waals surface area contributed by atoms with Gasteiger partial charge >= 0.3 is 0 Å². The summed E-state index contributed by atoms with van der Waals surface area (Å²) in [5.41, 5.74) is 8.18. The number of aryl methyl sites for hydroxylation is 1. The minimum Gasteiger partial charge on any atom is -0.383 e. The van der Waals surface area contributed by atoms with E-state index in [1.165, 1.54) is 5.56 Å². The van der Waals surface area contributed by atoms with Crippen LogP contribution in [0.3, 0.4) is 0 Å². The Morgan fingerprint density at radius 2 is 1.95 bits per heavy atom. The molecular formula is C14H21BrN2O2. The third kappa shape index (κ3) is 5.30. The molecule has 0 unspecified atom stereocenters. The van der Waals surface area contributed by atoms with Crippen molar-refractivity contribution >= 4 is 21.8 Å². The van der Waals surface area contributed by atoms with E-state index in [4.69, 9.17) is 15.2 Å². The van der Waals surface area contributed by atoms with Crippen LogP contribution in [0.15, 0.2) is 27.7 Å². The van der Waals surface area contributed by atoms with Crippen molar-refractivity contribution in [3.8, 4) is 0 Å². The average Bonchev–Trinajstić information content (AvgIpc) is 2.39. The molecule has 0 aliphatic rings. The van der Waals surface area contributed by atoms with Crippen LogP contribution in [0, 0.1) is 6.92 Å². The van der Waals surface area contributed by atoms with Crippen LogP contribution in [-0.2, 0) is 16.0 Å². The summed E-state index contributed by atoms with van der Waals surface area (Å²) >= 11 is 3.47. The smallest absolute Gasteiger partial charge is 0.216 e. The molecule has 0 spiro atoms. The zero-order valence-corrected chi connectivity index (χ0v) is 13.2. The van der Waals surface area contributed by atoms with Gasteiger partial charge in [0.05, 0.1) is 6.54 Å². The molecule has 106 valence electrons. The van der Waals surface area contributed by atoms with Gasteiger partial charge in [-0.1, -0.05) is 28.1 Å². The maximum atomic E-state index is 5.90. The molecule has 19 heavy (non-hydrogen) atoms. The molecule has 0 bridgehead atoms. The fourth-order valence-electron chi connectivity index (χ4n) is 1.58. The molecule has 0 radical (unpaired) electrons. The first-order valence-corrected chi connectivity index (χ1v) is 7.15. The van der Waals surface area contributed by atoms with E-state index < -0.39 is 6.29 Å². The van der Waals surface area contributed by atoms with Gasteiger partial charge in [0.2, 0.25) is 6.29 Å². The molecule has 0 fully saturated rings. The van der Waals surface area contributed by atoms with E-state index in [-0.39, 0.29) is 0 Å². The molecule has 0 heterocycles. The predicted octanol–water partition coefficient (Wildman–Crippen LogP) is 3.01. The number of benzene rings is 1. The first kappa shape index (κ1) is 16.1. The Balaban J connectivity index is 2.69. The lowest BCUT2D eigenvalue weighted by Crippen LogP contribution is -2.34. The zero-order chi connectivity index (χ0) is 14.3. The third-order valence-corrected chi connectivity index (χ3v) is 3.43. The molecule has 0 atom stereocenters. The van der Waals surface area contributed by atoms with Gasteiger partial charge in [-0.15, -0.1) is 0 Å². The Labute approximate surface area is 123 Å². The second kappa shape index (κ2) is 8.30. The summed E-state index contributed by atoms with van der Waals surface area (Å²) in [6.07, 6.45) is -0.549. The molecule has 1 aromatic rings. The molecule has 4 nitrogen and oxygen atoms in total. The van der Waals surface area contributed by atoms with E-state index in [1.807, 2.05) is 32.9 Å². The van der Waals surface area contributed by atoms with Gasteiger partial charge in [0.25, 0.3) is 0 Å². The summed E-state index contributed by atoms with van der Waals surface area (Å²) in [4.78, 5) is 4.33. The van der Waals surface area contributed by atoms with Crippen molar-refractivity contribution in [3.63, 3.8) is 0 Å². The highest BCUT2D eigenvalue weighted by Crippen LogP contribution is 2.17. The minimum absolute atomic E-state index is 0.379. The van der Waals surface area contributed by atoms with Gasteiger partial charge in [-0.2, -0.15) is 0 Å². The fraction of sp³-hybridized carbons (Fsp3) is 0.500. The number of rotatable bonds is 7. The largest absolute Gasteiger partial charge is 0.383 e. The van der Waals surface area contributed by atoms with Crippen LogP contribution in [0.2, 0.25) is 0 Å². The van der Waals surface area contributed by atoms with Gasteiger partial charge < -0.3 is 15.2 Å². The molecule has 2 N–H and O–H groups in total. The van der Waals surface area contributed by atoms with E-state index in [0.717, 1.165) is 10.0 Å². The summed E-state index contributed by atoms with van der Waals surface area (Å²) < 4.78 is 11.9. The van der Waals surface area contributed by atoms with Crippen molar-refractivity contribution in [2.45, 2.75) is 33.6 Å². The van der Waals surface area contributed by atoms with Crippen molar-refractivity contribution in [3.05, 3.63) is 33.8 Å². The number of aliphatic imine (C=N–C) groups is 1. The van der Waals surface area contributed by atoms with Crippen LogP contribution in [-0.4, -0.2) is 25.3 Å². The molecule has 0 amide bonds. The van der Waals surface area contributed by atoms with E-state index in [1.54, 1.807) is 0 Å². The number of hydrogen-bond donors (Lipinski definition) is 1. The highest BCUT2D eigenvalue weighted by Gasteiger charge is 2.12. The van der Waals surface area contributed by atoms with E-state index >= 15 is 0 Å². The van der Waals surface area contributed by atoms with Gasteiger partial charge in [0.1, 0.15) is 0 Å². The maximum Gasteiger partial charge on any atom is 0.216 e. The molecule has 5 heteroatoms. The van der Waals surface area contributed by atoms with Crippen LogP contribution in [0.5, 0.6) is 0 Å². The van der Waals surface area contributed by atoms with E-state index in [0.29, 0.717) is 25.6 Å². The second-order valence-corrected chi connectivity index (χ2v) is 4.92. The van der Waals surface area contributed by atoms with Crippen molar-refractivity contribution in [1.82, 2.24) is 0 Å². The SMILES string of the molecule is CCOC(OCC)C(N)=NCc1ccc(Br)c(C)c1. The van der Waals surface area contributed by atoms with Crippen molar-refractivity contribution in [2.75, 3.05) is 13.2 Å². The Morgan fingerprint density at radius 1 is 1.32 bits per heavy atom. The number of nitrogens with zero attached hydrogens (tertiary/aromatic N) is 1. The first-order valence-electron chi connectivity index (χ1n) is 6.36. The fourth-order valence-corrected chi connectivity index (χ4v) is 1.83. The molecule has 1 rings (SSSR count). The minimum atomic E-state index is -0.549. The van der Waals surface area contributed by atoms with E-state index in [9.17, 15) is 0 Å². The highest BCUT2D eigenvalue weighted by atomic mass is 79.9. The molecule has 0 aliphatic carbocycles. The highest BCUT2D eigenvalue weighted by molar-refractivity contribution is 9.10. The molecule has 0 saturated heterocycles. The summed E-state index contributed by atoms with van der Waals surface area (Å²) in [5, 5.41) is 0.